The molecule has 0 bridgehead atoms. The molecule has 9 heteroatoms. The molecule has 164 valence electrons. The van der Waals surface area contributed by atoms with Crippen molar-refractivity contribution in [1.82, 2.24) is 5.32 Å². The smallest absolute Gasteiger partial charge is 0.334 e. The Bertz CT molecular complexity index is 878. The zero-order chi connectivity index (χ0) is 22.4. The van der Waals surface area contributed by atoms with Crippen molar-refractivity contribution in [1.29, 1.82) is 0 Å². The number of rotatable bonds is 10. The van der Waals surface area contributed by atoms with E-state index in [0.29, 0.717) is 17.0 Å². The molecule has 0 amide bonds. The van der Waals surface area contributed by atoms with E-state index in [2.05, 4.69) is 19.2 Å². The average molecular weight is 490 g/mol. The predicted octanol–water partition coefficient (Wildman–Crippen LogP) is 5.99. The van der Waals surface area contributed by atoms with Crippen LogP contribution in [0.1, 0.15) is 45.1 Å². The molecule has 1 aromatic rings. The molecule has 1 atom stereocenters. The van der Waals surface area contributed by atoms with Gasteiger partial charge in [-0.25, -0.2) is 9.59 Å². The number of halogens is 2. The number of hydrogen-bond donors (Lipinski definition) is 3. The third kappa shape index (κ3) is 5.49. The first-order valence-corrected chi connectivity index (χ1v) is 12.4. The van der Waals surface area contributed by atoms with Gasteiger partial charge in [0.15, 0.2) is 0 Å². The van der Waals surface area contributed by atoms with Gasteiger partial charge in [0.2, 0.25) is 0 Å². The summed E-state index contributed by atoms with van der Waals surface area (Å²) < 4.78 is -0.165. The monoisotopic (exact) mass is 489 g/mol. The second-order valence-electron chi connectivity index (χ2n) is 6.75. The van der Waals surface area contributed by atoms with Gasteiger partial charge in [-0.2, -0.15) is 0 Å². The predicted molar refractivity (Wildman–Crippen MR) is 127 cm³/mol. The number of aliphatic carboxylic acids is 2. The van der Waals surface area contributed by atoms with Crippen LogP contribution in [-0.2, 0) is 9.59 Å². The normalized spacial score (nSPS) is 16.8. The van der Waals surface area contributed by atoms with E-state index in [0.717, 1.165) is 24.3 Å². The van der Waals surface area contributed by atoms with Gasteiger partial charge in [0, 0.05) is 11.4 Å². The first-order valence-electron chi connectivity index (χ1n) is 9.60. The number of dihydropyridines is 1. The van der Waals surface area contributed by atoms with Crippen molar-refractivity contribution in [3.63, 3.8) is 0 Å². The van der Waals surface area contributed by atoms with Crippen LogP contribution in [0.2, 0.25) is 10.0 Å². The van der Waals surface area contributed by atoms with E-state index in [-0.39, 0.29) is 25.8 Å². The first kappa shape index (κ1) is 25.0. The quantitative estimate of drug-likeness (QED) is 0.347. The summed E-state index contributed by atoms with van der Waals surface area (Å²) in [4.78, 5) is 24.6. The number of allylic oxidation sites excluding steroid dienone is 1. The van der Waals surface area contributed by atoms with E-state index in [1.165, 1.54) is 0 Å². The number of carboxylic acid groups (broad SMARTS) is 2. The SMILES string of the molecule is CCCSC(SCCC)C1=C(C(=O)O)C(c2cccc(Cl)c2Cl)C(C(=O)O)=C(C)N1. The second kappa shape index (κ2) is 11.4. The van der Waals surface area contributed by atoms with Crippen LogP contribution in [0, 0.1) is 0 Å². The molecule has 2 rings (SSSR count). The van der Waals surface area contributed by atoms with Gasteiger partial charge in [0.05, 0.1) is 31.7 Å². The van der Waals surface area contributed by atoms with Crippen LogP contribution >= 0.6 is 46.7 Å². The van der Waals surface area contributed by atoms with Gasteiger partial charge < -0.3 is 15.5 Å². The number of carbonyl (C=O) groups is 2. The van der Waals surface area contributed by atoms with Crippen molar-refractivity contribution in [3.8, 4) is 0 Å². The highest BCUT2D eigenvalue weighted by Gasteiger charge is 2.40. The summed E-state index contributed by atoms with van der Waals surface area (Å²) in [5, 5.41) is 23.6. The van der Waals surface area contributed by atoms with Crippen LogP contribution in [0.5, 0.6) is 0 Å². The van der Waals surface area contributed by atoms with Gasteiger partial charge in [-0.3, -0.25) is 0 Å². The number of nitrogens with one attached hydrogen (secondary N) is 1. The van der Waals surface area contributed by atoms with Crippen molar-refractivity contribution in [2.45, 2.75) is 44.1 Å². The lowest BCUT2D eigenvalue weighted by Crippen LogP contribution is -2.35. The minimum atomic E-state index is -1.20. The summed E-state index contributed by atoms with van der Waals surface area (Å²) in [5.41, 5.74) is 1.25. The van der Waals surface area contributed by atoms with Crippen molar-refractivity contribution in [3.05, 3.63) is 56.3 Å². The van der Waals surface area contributed by atoms with Gasteiger partial charge in [-0.05, 0) is 42.9 Å². The number of hydrogen-bond acceptors (Lipinski definition) is 5. The van der Waals surface area contributed by atoms with Crippen LogP contribution in [0.4, 0.5) is 0 Å². The summed E-state index contributed by atoms with van der Waals surface area (Å²) in [5.74, 6) is -1.69. The number of thioether (sulfide) groups is 2. The maximum absolute atomic E-state index is 12.5. The minimum absolute atomic E-state index is 0.000581. The molecule has 1 unspecified atom stereocenters. The van der Waals surface area contributed by atoms with E-state index in [1.807, 2.05) is 0 Å². The highest BCUT2D eigenvalue weighted by Crippen LogP contribution is 2.46. The lowest BCUT2D eigenvalue weighted by molar-refractivity contribution is -0.133. The Kier molecular flexibility index (Phi) is 9.47. The molecular weight excluding hydrogens is 465 g/mol. The largest absolute Gasteiger partial charge is 0.478 e. The van der Waals surface area contributed by atoms with Gasteiger partial charge in [0.25, 0.3) is 0 Å². The van der Waals surface area contributed by atoms with Crippen molar-refractivity contribution in [2.24, 2.45) is 0 Å². The van der Waals surface area contributed by atoms with Crippen LogP contribution < -0.4 is 5.32 Å². The molecule has 1 aliphatic heterocycles. The highest BCUT2D eigenvalue weighted by molar-refractivity contribution is 8.17. The fourth-order valence-electron chi connectivity index (χ4n) is 3.28. The Balaban J connectivity index is 2.75. The molecule has 0 fully saturated rings. The zero-order valence-corrected chi connectivity index (χ0v) is 20.1. The topological polar surface area (TPSA) is 86.6 Å². The molecule has 1 aromatic carbocycles. The fourth-order valence-corrected chi connectivity index (χ4v) is 6.26. The van der Waals surface area contributed by atoms with Gasteiger partial charge in [-0.15, -0.1) is 23.5 Å². The third-order valence-electron chi connectivity index (χ3n) is 4.53. The van der Waals surface area contributed by atoms with Gasteiger partial charge >= 0.3 is 11.9 Å². The number of carboxylic acids is 2. The molecule has 0 aliphatic carbocycles. The van der Waals surface area contributed by atoms with Crippen molar-refractivity contribution >= 4 is 58.7 Å². The molecule has 30 heavy (non-hydrogen) atoms. The molecule has 3 N–H and O–H groups in total. The molecule has 0 aromatic heterocycles. The van der Waals surface area contributed by atoms with Gasteiger partial charge in [0.1, 0.15) is 0 Å². The molecule has 0 spiro atoms. The number of benzene rings is 1. The van der Waals surface area contributed by atoms with Gasteiger partial charge in [-0.1, -0.05) is 49.2 Å². The maximum atomic E-state index is 12.5. The zero-order valence-electron chi connectivity index (χ0n) is 17.0. The summed E-state index contributed by atoms with van der Waals surface area (Å²) >= 11 is 15.9. The molecular formula is C21H25Cl2NO4S2. The molecule has 1 aliphatic rings. The Morgan fingerprint density at radius 3 is 2.13 bits per heavy atom. The highest BCUT2D eigenvalue weighted by atomic mass is 35.5. The lowest BCUT2D eigenvalue weighted by atomic mass is 9.80. The summed E-state index contributed by atoms with van der Waals surface area (Å²) in [6.07, 6.45) is 1.89. The van der Waals surface area contributed by atoms with E-state index in [9.17, 15) is 19.8 Å². The van der Waals surface area contributed by atoms with Crippen molar-refractivity contribution < 1.29 is 19.8 Å². The Hall–Kier alpha value is -1.28. The molecule has 0 saturated heterocycles. The van der Waals surface area contributed by atoms with Crippen molar-refractivity contribution in [2.75, 3.05) is 11.5 Å². The molecule has 5 nitrogen and oxygen atoms in total. The molecule has 0 saturated carbocycles. The van der Waals surface area contributed by atoms with E-state index < -0.39 is 17.9 Å². The van der Waals surface area contributed by atoms with E-state index in [1.54, 1.807) is 48.6 Å². The Labute approximate surface area is 195 Å². The standard InChI is InChI=1S/C21H25Cl2NO4S2/c1-4-9-29-21(30-10-5-2)18-16(20(27)28)15(14(19(25)26)11(3)24-18)12-7-6-8-13(22)17(12)23/h6-8,15,21,24H,4-5,9-10H2,1-3H3,(H,25,26)(H,27,28). The summed E-state index contributed by atoms with van der Waals surface area (Å²) in [6, 6.07) is 4.87. The second-order valence-corrected chi connectivity index (χ2v) is 10.3. The fraction of sp³-hybridized carbons (Fsp3) is 0.429. The average Bonchev–Trinajstić information content (AvgIpc) is 2.68. The van der Waals surface area contributed by atoms with E-state index >= 15 is 0 Å². The summed E-state index contributed by atoms with van der Waals surface area (Å²) in [7, 11) is 0. The minimum Gasteiger partial charge on any atom is -0.478 e. The van der Waals surface area contributed by atoms with Crippen LogP contribution in [-0.4, -0.2) is 38.2 Å². The molecule has 0 radical (unpaired) electrons. The Morgan fingerprint density at radius 2 is 1.63 bits per heavy atom. The van der Waals surface area contributed by atoms with Crippen LogP contribution in [0.25, 0.3) is 0 Å². The first-order chi connectivity index (χ1) is 14.2. The maximum Gasteiger partial charge on any atom is 0.334 e. The third-order valence-corrected chi connectivity index (χ3v) is 8.54. The Morgan fingerprint density at radius 1 is 1.07 bits per heavy atom. The lowest BCUT2D eigenvalue weighted by Gasteiger charge is -2.33. The summed E-state index contributed by atoms with van der Waals surface area (Å²) in [6.45, 7) is 5.79. The molecule has 1 heterocycles. The van der Waals surface area contributed by atoms with Crippen LogP contribution in [0.15, 0.2) is 40.7 Å². The van der Waals surface area contributed by atoms with Crippen LogP contribution in [0.3, 0.4) is 0 Å². The van der Waals surface area contributed by atoms with E-state index in [4.69, 9.17) is 23.2 Å².